The fourth-order valence-corrected chi connectivity index (χ4v) is 1.72. The lowest BCUT2D eigenvalue weighted by Crippen LogP contribution is -2.36. The summed E-state index contributed by atoms with van der Waals surface area (Å²) in [7, 11) is 0. The van der Waals surface area contributed by atoms with Crippen LogP contribution in [0.1, 0.15) is 0 Å². The Morgan fingerprint density at radius 1 is 1.21 bits per heavy atom. The summed E-state index contributed by atoms with van der Waals surface area (Å²) in [5.74, 6) is 0. The number of thiocarbonyl (C=S) groups is 1. The molecule has 1 aliphatic rings. The van der Waals surface area contributed by atoms with Crippen LogP contribution >= 0.6 is 12.2 Å². The van der Waals surface area contributed by atoms with Crippen molar-refractivity contribution in [3.8, 4) is 0 Å². The lowest BCUT2D eigenvalue weighted by atomic mass is 10.3. The van der Waals surface area contributed by atoms with Crippen LogP contribution in [0, 0.1) is 0 Å². The maximum atomic E-state index is 9.61. The predicted octanol–water partition coefficient (Wildman–Crippen LogP) is 0.0179. The molecule has 0 amide bonds. The average Bonchev–Trinajstić information content (AvgIpc) is 2.43. The van der Waals surface area contributed by atoms with E-state index in [-0.39, 0.29) is 0 Å². The number of rotatable bonds is 1. The van der Waals surface area contributed by atoms with Crippen molar-refractivity contribution >= 4 is 23.0 Å². The van der Waals surface area contributed by atoms with Gasteiger partial charge in [0.05, 0.1) is 0 Å². The van der Waals surface area contributed by atoms with Crippen LogP contribution < -0.4 is 10.2 Å². The Labute approximate surface area is 86.8 Å². The SMILES string of the molecule is O[C@@H]1[C@@H](O)NC(=S)N1c1ccccc1. The van der Waals surface area contributed by atoms with Gasteiger partial charge in [-0.3, -0.25) is 4.90 Å². The molecule has 2 rings (SSSR count). The van der Waals surface area contributed by atoms with Gasteiger partial charge in [0.15, 0.2) is 17.6 Å². The van der Waals surface area contributed by atoms with Crippen LogP contribution in [0.5, 0.6) is 0 Å². The third kappa shape index (κ3) is 1.45. The zero-order valence-corrected chi connectivity index (χ0v) is 8.11. The Bertz CT molecular complexity index is 344. The Hall–Kier alpha value is -1.17. The Morgan fingerprint density at radius 3 is 2.36 bits per heavy atom. The zero-order chi connectivity index (χ0) is 10.1. The molecule has 1 aliphatic heterocycles. The molecule has 3 N–H and O–H groups in total. The number of hydrogen-bond donors (Lipinski definition) is 3. The van der Waals surface area contributed by atoms with E-state index in [9.17, 15) is 10.2 Å². The van der Waals surface area contributed by atoms with Gasteiger partial charge >= 0.3 is 0 Å². The molecule has 0 unspecified atom stereocenters. The minimum absolute atomic E-state index is 0.330. The van der Waals surface area contributed by atoms with Gasteiger partial charge in [0.2, 0.25) is 0 Å². The topological polar surface area (TPSA) is 55.7 Å². The molecule has 74 valence electrons. The van der Waals surface area contributed by atoms with E-state index in [4.69, 9.17) is 12.2 Å². The zero-order valence-electron chi connectivity index (χ0n) is 7.29. The minimum Gasteiger partial charge on any atom is -0.369 e. The Balaban J connectivity index is 2.31. The summed E-state index contributed by atoms with van der Waals surface area (Å²) in [4.78, 5) is 1.47. The number of hydrogen-bond acceptors (Lipinski definition) is 3. The number of benzene rings is 1. The highest BCUT2D eigenvalue weighted by atomic mass is 32.1. The van der Waals surface area contributed by atoms with Crippen molar-refractivity contribution in [2.24, 2.45) is 0 Å². The molecule has 5 heteroatoms. The van der Waals surface area contributed by atoms with Gasteiger partial charge in [0.25, 0.3) is 0 Å². The van der Waals surface area contributed by atoms with Crippen LogP contribution in [-0.4, -0.2) is 27.8 Å². The standard InChI is InChI=1S/C9H10N2O2S/c12-7-8(13)11(9(14)10-7)6-4-2-1-3-5-6/h1-5,7-8,12-13H,(H,10,14)/t7-,8-/m1/s1. The minimum atomic E-state index is -1.03. The van der Waals surface area contributed by atoms with Gasteiger partial charge in [-0.05, 0) is 24.4 Å². The van der Waals surface area contributed by atoms with Crippen LogP contribution in [0.2, 0.25) is 0 Å². The van der Waals surface area contributed by atoms with Crippen LogP contribution in [0.15, 0.2) is 30.3 Å². The first-order valence-corrected chi connectivity index (χ1v) is 4.62. The quantitative estimate of drug-likeness (QED) is 0.570. The van der Waals surface area contributed by atoms with Crippen LogP contribution in [0.4, 0.5) is 5.69 Å². The second-order valence-corrected chi connectivity index (χ2v) is 3.40. The van der Waals surface area contributed by atoms with Crippen molar-refractivity contribution in [1.29, 1.82) is 0 Å². The summed E-state index contributed by atoms with van der Waals surface area (Å²) < 4.78 is 0. The summed E-state index contributed by atoms with van der Waals surface area (Å²) >= 11 is 4.97. The second-order valence-electron chi connectivity index (χ2n) is 3.01. The van der Waals surface area contributed by atoms with Gasteiger partial charge < -0.3 is 15.5 Å². The third-order valence-electron chi connectivity index (χ3n) is 2.07. The molecule has 4 nitrogen and oxygen atoms in total. The van der Waals surface area contributed by atoms with Crippen molar-refractivity contribution in [3.63, 3.8) is 0 Å². The van der Waals surface area contributed by atoms with Crippen LogP contribution in [-0.2, 0) is 0 Å². The lowest BCUT2D eigenvalue weighted by Gasteiger charge is -2.20. The summed E-state index contributed by atoms with van der Waals surface area (Å²) in [5.41, 5.74) is 0.758. The van der Waals surface area contributed by atoms with E-state index in [0.717, 1.165) is 5.69 Å². The molecule has 0 spiro atoms. The van der Waals surface area contributed by atoms with E-state index in [2.05, 4.69) is 5.32 Å². The van der Waals surface area contributed by atoms with E-state index in [1.807, 2.05) is 30.3 Å². The normalized spacial score (nSPS) is 26.4. The molecule has 1 aromatic carbocycles. The van der Waals surface area contributed by atoms with E-state index in [0.29, 0.717) is 5.11 Å². The molecular weight excluding hydrogens is 200 g/mol. The van der Waals surface area contributed by atoms with Gasteiger partial charge in [-0.1, -0.05) is 18.2 Å². The first kappa shape index (κ1) is 9.39. The molecule has 1 fully saturated rings. The first-order chi connectivity index (χ1) is 6.70. The van der Waals surface area contributed by atoms with Crippen LogP contribution in [0.25, 0.3) is 0 Å². The van der Waals surface area contributed by atoms with Crippen LogP contribution in [0.3, 0.4) is 0 Å². The van der Waals surface area contributed by atoms with Crippen molar-refractivity contribution in [1.82, 2.24) is 5.32 Å². The maximum absolute atomic E-state index is 9.61. The van der Waals surface area contributed by atoms with E-state index in [1.54, 1.807) is 0 Å². The first-order valence-electron chi connectivity index (χ1n) is 4.21. The molecule has 1 aromatic rings. The fraction of sp³-hybridized carbons (Fsp3) is 0.222. The molecule has 1 heterocycles. The number of anilines is 1. The molecule has 1 saturated heterocycles. The fourth-order valence-electron chi connectivity index (χ4n) is 1.39. The van der Waals surface area contributed by atoms with Gasteiger partial charge in [-0.25, -0.2) is 0 Å². The smallest absolute Gasteiger partial charge is 0.178 e. The molecule has 0 aliphatic carbocycles. The number of aliphatic hydroxyl groups excluding tert-OH is 2. The molecule has 0 saturated carbocycles. The summed E-state index contributed by atoms with van der Waals surface area (Å²) in [6.07, 6.45) is -2.05. The number of nitrogens with zero attached hydrogens (tertiary/aromatic N) is 1. The van der Waals surface area contributed by atoms with E-state index < -0.39 is 12.5 Å². The van der Waals surface area contributed by atoms with Crippen molar-refractivity contribution in [2.45, 2.75) is 12.5 Å². The summed E-state index contributed by atoms with van der Waals surface area (Å²) in [5, 5.41) is 21.8. The average molecular weight is 210 g/mol. The van der Waals surface area contributed by atoms with Gasteiger partial charge in [-0.15, -0.1) is 0 Å². The molecule has 2 atom stereocenters. The molecular formula is C9H10N2O2S. The highest BCUT2D eigenvalue weighted by molar-refractivity contribution is 7.80. The van der Waals surface area contributed by atoms with Crippen molar-refractivity contribution in [3.05, 3.63) is 30.3 Å². The predicted molar refractivity (Wildman–Crippen MR) is 56.7 cm³/mol. The number of aliphatic hydroxyl groups is 2. The van der Waals surface area contributed by atoms with Gasteiger partial charge in [0, 0.05) is 5.69 Å². The third-order valence-corrected chi connectivity index (χ3v) is 2.39. The van der Waals surface area contributed by atoms with E-state index >= 15 is 0 Å². The summed E-state index contributed by atoms with van der Waals surface area (Å²) in [6.45, 7) is 0. The monoisotopic (exact) mass is 210 g/mol. The molecule has 14 heavy (non-hydrogen) atoms. The lowest BCUT2D eigenvalue weighted by molar-refractivity contribution is 0.0332. The molecule has 0 aromatic heterocycles. The number of para-hydroxylation sites is 1. The maximum Gasteiger partial charge on any atom is 0.178 e. The summed E-state index contributed by atoms with van der Waals surface area (Å²) in [6, 6.07) is 9.19. The van der Waals surface area contributed by atoms with Gasteiger partial charge in [-0.2, -0.15) is 0 Å². The highest BCUT2D eigenvalue weighted by Crippen LogP contribution is 2.20. The molecule has 0 bridgehead atoms. The largest absolute Gasteiger partial charge is 0.369 e. The van der Waals surface area contributed by atoms with Crippen molar-refractivity contribution in [2.75, 3.05) is 4.90 Å². The molecule has 0 radical (unpaired) electrons. The van der Waals surface area contributed by atoms with E-state index in [1.165, 1.54) is 4.90 Å². The van der Waals surface area contributed by atoms with Gasteiger partial charge in [0.1, 0.15) is 0 Å². The Morgan fingerprint density at radius 2 is 1.86 bits per heavy atom. The highest BCUT2D eigenvalue weighted by Gasteiger charge is 2.34. The number of nitrogens with one attached hydrogen (secondary N) is 1. The second kappa shape index (κ2) is 3.53. The van der Waals surface area contributed by atoms with Crippen molar-refractivity contribution < 1.29 is 10.2 Å². The Kier molecular flexibility index (Phi) is 2.37.